The van der Waals surface area contributed by atoms with Crippen LogP contribution in [-0.2, 0) is 5.41 Å². The summed E-state index contributed by atoms with van der Waals surface area (Å²) in [5.41, 5.74) is 3.31. The summed E-state index contributed by atoms with van der Waals surface area (Å²) >= 11 is 0. The molecule has 2 aromatic rings. The van der Waals surface area contributed by atoms with Gasteiger partial charge < -0.3 is 0 Å². The summed E-state index contributed by atoms with van der Waals surface area (Å²) in [4.78, 5) is 8.25. The molecule has 1 aromatic heterocycles. The summed E-state index contributed by atoms with van der Waals surface area (Å²) in [6, 6.07) is 10.2. The van der Waals surface area contributed by atoms with Crippen LogP contribution in [0.1, 0.15) is 32.0 Å². The first-order chi connectivity index (χ1) is 8.52. The van der Waals surface area contributed by atoms with Crippen molar-refractivity contribution in [3.05, 3.63) is 47.9 Å². The number of rotatable bonds is 1. The SMILES string of the molecule is CC(C)(C)c1ccc(-c2nccnc2C#N)cc1. The molecule has 0 radical (unpaired) electrons. The lowest BCUT2D eigenvalue weighted by Gasteiger charge is -2.19. The maximum atomic E-state index is 9.01. The Balaban J connectivity index is 2.45. The second-order valence-corrected chi connectivity index (χ2v) is 5.19. The van der Waals surface area contributed by atoms with E-state index in [1.807, 2.05) is 12.1 Å². The van der Waals surface area contributed by atoms with Gasteiger partial charge in [0.05, 0.1) is 0 Å². The highest BCUT2D eigenvalue weighted by molar-refractivity contribution is 5.64. The van der Waals surface area contributed by atoms with Gasteiger partial charge in [0.25, 0.3) is 0 Å². The van der Waals surface area contributed by atoms with Crippen LogP contribution in [0.5, 0.6) is 0 Å². The van der Waals surface area contributed by atoms with Crippen LogP contribution < -0.4 is 0 Å². The van der Waals surface area contributed by atoms with Crippen LogP contribution >= 0.6 is 0 Å². The summed E-state index contributed by atoms with van der Waals surface area (Å²) in [6.07, 6.45) is 3.14. The minimum absolute atomic E-state index is 0.124. The highest BCUT2D eigenvalue weighted by Crippen LogP contribution is 2.25. The van der Waals surface area contributed by atoms with Crippen molar-refractivity contribution in [1.82, 2.24) is 9.97 Å². The molecule has 90 valence electrons. The molecule has 18 heavy (non-hydrogen) atoms. The number of aromatic nitrogens is 2. The van der Waals surface area contributed by atoms with Gasteiger partial charge >= 0.3 is 0 Å². The van der Waals surface area contributed by atoms with E-state index in [9.17, 15) is 0 Å². The molecule has 1 heterocycles. The molecule has 3 heteroatoms. The Labute approximate surface area is 107 Å². The monoisotopic (exact) mass is 237 g/mol. The molecule has 0 spiro atoms. The van der Waals surface area contributed by atoms with E-state index in [1.54, 1.807) is 6.20 Å². The molecule has 0 aliphatic rings. The molecule has 0 saturated carbocycles. The van der Waals surface area contributed by atoms with Crippen LogP contribution in [0.15, 0.2) is 36.7 Å². The zero-order chi connectivity index (χ0) is 13.2. The van der Waals surface area contributed by atoms with Gasteiger partial charge in [0, 0.05) is 18.0 Å². The average molecular weight is 237 g/mol. The molecule has 0 aliphatic heterocycles. The minimum Gasteiger partial charge on any atom is -0.252 e. The van der Waals surface area contributed by atoms with Crippen LogP contribution in [-0.4, -0.2) is 9.97 Å². The number of hydrogen-bond donors (Lipinski definition) is 0. The van der Waals surface area contributed by atoms with Crippen LogP contribution in [0.4, 0.5) is 0 Å². The van der Waals surface area contributed by atoms with Crippen LogP contribution in [0.3, 0.4) is 0 Å². The first-order valence-corrected chi connectivity index (χ1v) is 5.84. The third-order valence-electron chi connectivity index (χ3n) is 2.83. The molecular weight excluding hydrogens is 222 g/mol. The van der Waals surface area contributed by atoms with E-state index >= 15 is 0 Å². The Kier molecular flexibility index (Phi) is 3.12. The maximum absolute atomic E-state index is 9.01. The second-order valence-electron chi connectivity index (χ2n) is 5.19. The van der Waals surface area contributed by atoms with E-state index < -0.39 is 0 Å². The molecule has 0 saturated heterocycles. The molecule has 0 unspecified atom stereocenters. The normalized spacial score (nSPS) is 11.0. The quantitative estimate of drug-likeness (QED) is 0.764. The van der Waals surface area contributed by atoms with Gasteiger partial charge in [-0.05, 0) is 11.0 Å². The number of nitriles is 1. The fraction of sp³-hybridized carbons (Fsp3) is 0.267. The summed E-state index contributed by atoms with van der Waals surface area (Å²) < 4.78 is 0. The smallest absolute Gasteiger partial charge is 0.166 e. The Morgan fingerprint density at radius 1 is 1.00 bits per heavy atom. The maximum Gasteiger partial charge on any atom is 0.166 e. The second kappa shape index (κ2) is 4.58. The van der Waals surface area contributed by atoms with E-state index in [0.29, 0.717) is 11.4 Å². The Bertz CT molecular complexity index is 586. The molecule has 0 amide bonds. The van der Waals surface area contributed by atoms with Gasteiger partial charge in [0.2, 0.25) is 0 Å². The van der Waals surface area contributed by atoms with Gasteiger partial charge in [-0.2, -0.15) is 5.26 Å². The fourth-order valence-electron chi connectivity index (χ4n) is 1.76. The predicted octanol–water partition coefficient (Wildman–Crippen LogP) is 3.31. The van der Waals surface area contributed by atoms with Crippen LogP contribution in [0.2, 0.25) is 0 Å². The van der Waals surface area contributed by atoms with Crippen molar-refractivity contribution < 1.29 is 0 Å². The van der Waals surface area contributed by atoms with Gasteiger partial charge in [-0.1, -0.05) is 45.0 Å². The van der Waals surface area contributed by atoms with Crippen molar-refractivity contribution >= 4 is 0 Å². The summed E-state index contributed by atoms with van der Waals surface area (Å²) in [5.74, 6) is 0. The molecule has 0 aliphatic carbocycles. The zero-order valence-corrected chi connectivity index (χ0v) is 10.8. The third kappa shape index (κ3) is 2.38. The molecule has 0 N–H and O–H groups in total. The van der Waals surface area contributed by atoms with Crippen molar-refractivity contribution in [3.63, 3.8) is 0 Å². The largest absolute Gasteiger partial charge is 0.252 e. The topological polar surface area (TPSA) is 49.6 Å². The molecule has 1 aromatic carbocycles. The Morgan fingerprint density at radius 3 is 2.17 bits per heavy atom. The first kappa shape index (κ1) is 12.3. The van der Waals surface area contributed by atoms with E-state index in [-0.39, 0.29) is 5.41 Å². The van der Waals surface area contributed by atoms with E-state index in [2.05, 4.69) is 48.9 Å². The summed E-state index contributed by atoms with van der Waals surface area (Å²) in [5, 5.41) is 9.01. The van der Waals surface area contributed by atoms with E-state index in [0.717, 1.165) is 5.56 Å². The minimum atomic E-state index is 0.124. The molecule has 0 atom stereocenters. The van der Waals surface area contributed by atoms with Crippen LogP contribution in [0, 0.1) is 11.3 Å². The number of benzene rings is 1. The number of hydrogen-bond acceptors (Lipinski definition) is 3. The molecule has 0 fully saturated rings. The Morgan fingerprint density at radius 2 is 1.61 bits per heavy atom. The third-order valence-corrected chi connectivity index (χ3v) is 2.83. The van der Waals surface area contributed by atoms with Crippen LogP contribution in [0.25, 0.3) is 11.3 Å². The van der Waals surface area contributed by atoms with Gasteiger partial charge in [0.1, 0.15) is 11.8 Å². The van der Waals surface area contributed by atoms with Gasteiger partial charge in [-0.15, -0.1) is 0 Å². The Hall–Kier alpha value is -2.21. The van der Waals surface area contributed by atoms with Crippen molar-refractivity contribution in [2.75, 3.05) is 0 Å². The van der Waals surface area contributed by atoms with E-state index in [1.165, 1.54) is 11.8 Å². The highest BCUT2D eigenvalue weighted by atomic mass is 14.8. The predicted molar refractivity (Wildman–Crippen MR) is 70.9 cm³/mol. The zero-order valence-electron chi connectivity index (χ0n) is 10.8. The lowest BCUT2D eigenvalue weighted by molar-refractivity contribution is 0.590. The van der Waals surface area contributed by atoms with Crippen molar-refractivity contribution in [1.29, 1.82) is 5.26 Å². The van der Waals surface area contributed by atoms with Crippen molar-refractivity contribution in [2.45, 2.75) is 26.2 Å². The van der Waals surface area contributed by atoms with Gasteiger partial charge in [-0.3, -0.25) is 4.98 Å². The van der Waals surface area contributed by atoms with Crippen molar-refractivity contribution in [3.8, 4) is 17.3 Å². The molecule has 3 nitrogen and oxygen atoms in total. The number of nitrogens with zero attached hydrogens (tertiary/aromatic N) is 3. The molecule has 2 rings (SSSR count). The standard InChI is InChI=1S/C15H15N3/c1-15(2,3)12-6-4-11(5-7-12)14-13(10-16)17-8-9-18-14/h4-9H,1-3H3. The summed E-state index contributed by atoms with van der Waals surface area (Å²) in [6.45, 7) is 6.51. The molecular formula is C15H15N3. The summed E-state index contributed by atoms with van der Waals surface area (Å²) in [7, 11) is 0. The lowest BCUT2D eigenvalue weighted by Crippen LogP contribution is -2.10. The lowest BCUT2D eigenvalue weighted by atomic mass is 9.86. The van der Waals surface area contributed by atoms with Gasteiger partial charge in [-0.25, -0.2) is 4.98 Å². The molecule has 0 bridgehead atoms. The van der Waals surface area contributed by atoms with Gasteiger partial charge in [0.15, 0.2) is 5.69 Å². The van der Waals surface area contributed by atoms with Crippen molar-refractivity contribution in [2.24, 2.45) is 0 Å². The fourth-order valence-corrected chi connectivity index (χ4v) is 1.76. The average Bonchev–Trinajstić information content (AvgIpc) is 2.38. The first-order valence-electron chi connectivity index (χ1n) is 5.84. The highest BCUT2D eigenvalue weighted by Gasteiger charge is 2.14. The van der Waals surface area contributed by atoms with E-state index in [4.69, 9.17) is 5.26 Å².